The minimum Gasteiger partial charge on any atom is -0.342 e. The van der Waals surface area contributed by atoms with E-state index in [0.717, 1.165) is 5.82 Å². The molecule has 72 valence electrons. The molecule has 0 radical (unpaired) electrons. The summed E-state index contributed by atoms with van der Waals surface area (Å²) in [5.74, 6) is 1.05. The number of aromatic amines is 1. The predicted octanol–water partition coefficient (Wildman–Crippen LogP) is 0.630. The highest BCUT2D eigenvalue weighted by atomic mass is 16.2. The van der Waals surface area contributed by atoms with Crippen LogP contribution in [0, 0.1) is 0 Å². The molecule has 0 saturated heterocycles. The SMILES string of the molecule is CC(C)c1nc(C(=O)N(C)C)n[nH]1. The van der Waals surface area contributed by atoms with Gasteiger partial charge >= 0.3 is 0 Å². The number of nitrogens with zero attached hydrogens (tertiary/aromatic N) is 3. The average molecular weight is 182 g/mol. The van der Waals surface area contributed by atoms with E-state index in [9.17, 15) is 4.79 Å². The lowest BCUT2D eigenvalue weighted by Crippen LogP contribution is -2.22. The number of H-pyrrole nitrogens is 1. The fraction of sp³-hybridized carbons (Fsp3) is 0.625. The van der Waals surface area contributed by atoms with E-state index in [0.29, 0.717) is 0 Å². The van der Waals surface area contributed by atoms with Crippen LogP contribution < -0.4 is 0 Å². The van der Waals surface area contributed by atoms with E-state index >= 15 is 0 Å². The maximum absolute atomic E-state index is 11.4. The summed E-state index contributed by atoms with van der Waals surface area (Å²) in [6.45, 7) is 3.98. The van der Waals surface area contributed by atoms with Crippen LogP contribution in [0.25, 0.3) is 0 Å². The molecule has 0 bridgehead atoms. The van der Waals surface area contributed by atoms with Crippen LogP contribution in [-0.2, 0) is 0 Å². The lowest BCUT2D eigenvalue weighted by atomic mass is 10.2. The molecule has 5 nitrogen and oxygen atoms in total. The molecular formula is C8H14N4O. The second-order valence-corrected chi connectivity index (χ2v) is 3.40. The van der Waals surface area contributed by atoms with Gasteiger partial charge in [-0.15, -0.1) is 5.10 Å². The van der Waals surface area contributed by atoms with Crippen LogP contribution in [0.4, 0.5) is 0 Å². The minimum atomic E-state index is -0.178. The third-order valence-electron chi connectivity index (χ3n) is 1.65. The number of nitrogens with one attached hydrogen (secondary N) is 1. The van der Waals surface area contributed by atoms with Crippen molar-refractivity contribution in [2.24, 2.45) is 0 Å². The number of amides is 1. The second kappa shape index (κ2) is 3.55. The molecule has 0 unspecified atom stereocenters. The van der Waals surface area contributed by atoms with Crippen LogP contribution in [0.15, 0.2) is 0 Å². The number of aromatic nitrogens is 3. The third-order valence-corrected chi connectivity index (χ3v) is 1.65. The van der Waals surface area contributed by atoms with E-state index in [1.54, 1.807) is 14.1 Å². The first-order valence-electron chi connectivity index (χ1n) is 4.16. The van der Waals surface area contributed by atoms with Crippen molar-refractivity contribution in [3.8, 4) is 0 Å². The molecule has 0 atom stereocenters. The van der Waals surface area contributed by atoms with Gasteiger partial charge in [0.25, 0.3) is 5.91 Å². The molecule has 5 heteroatoms. The van der Waals surface area contributed by atoms with Crippen molar-refractivity contribution in [1.82, 2.24) is 20.1 Å². The number of hydrogen-bond donors (Lipinski definition) is 1. The molecule has 1 aromatic rings. The Hall–Kier alpha value is -1.39. The molecule has 1 amide bonds. The van der Waals surface area contributed by atoms with Crippen molar-refractivity contribution in [3.05, 3.63) is 11.6 Å². The first kappa shape index (κ1) is 9.70. The first-order valence-corrected chi connectivity index (χ1v) is 4.16. The summed E-state index contributed by atoms with van der Waals surface area (Å²) in [6, 6.07) is 0. The van der Waals surface area contributed by atoms with Gasteiger partial charge in [-0.2, -0.15) is 0 Å². The zero-order chi connectivity index (χ0) is 10.0. The highest BCUT2D eigenvalue weighted by Gasteiger charge is 2.14. The van der Waals surface area contributed by atoms with Crippen molar-refractivity contribution >= 4 is 5.91 Å². The van der Waals surface area contributed by atoms with Gasteiger partial charge in [-0.25, -0.2) is 4.98 Å². The van der Waals surface area contributed by atoms with Gasteiger partial charge < -0.3 is 4.90 Å². The monoisotopic (exact) mass is 182 g/mol. The summed E-state index contributed by atoms with van der Waals surface area (Å²) < 4.78 is 0. The summed E-state index contributed by atoms with van der Waals surface area (Å²) in [6.07, 6.45) is 0. The number of rotatable bonds is 2. The maximum Gasteiger partial charge on any atom is 0.293 e. The molecule has 13 heavy (non-hydrogen) atoms. The van der Waals surface area contributed by atoms with Crippen molar-refractivity contribution < 1.29 is 4.79 Å². The maximum atomic E-state index is 11.4. The molecule has 0 spiro atoms. The highest BCUT2D eigenvalue weighted by molar-refractivity contribution is 5.89. The Morgan fingerprint density at radius 2 is 2.08 bits per heavy atom. The number of carbonyl (C=O) groups is 1. The summed E-state index contributed by atoms with van der Waals surface area (Å²) in [4.78, 5) is 16.9. The average Bonchev–Trinajstić information content (AvgIpc) is 2.50. The van der Waals surface area contributed by atoms with Gasteiger partial charge in [0.15, 0.2) is 0 Å². The fourth-order valence-corrected chi connectivity index (χ4v) is 0.828. The van der Waals surface area contributed by atoms with E-state index in [-0.39, 0.29) is 17.6 Å². The molecule has 0 aromatic carbocycles. The molecule has 0 saturated carbocycles. The summed E-state index contributed by atoms with van der Waals surface area (Å²) in [5, 5.41) is 6.56. The molecule has 0 aliphatic heterocycles. The number of hydrogen-bond acceptors (Lipinski definition) is 3. The Morgan fingerprint density at radius 1 is 1.46 bits per heavy atom. The van der Waals surface area contributed by atoms with Crippen molar-refractivity contribution in [2.45, 2.75) is 19.8 Å². The summed E-state index contributed by atoms with van der Waals surface area (Å²) in [5.41, 5.74) is 0. The number of carbonyl (C=O) groups excluding carboxylic acids is 1. The lowest BCUT2D eigenvalue weighted by molar-refractivity contribution is 0.0816. The Bertz CT molecular complexity index is 303. The quantitative estimate of drug-likeness (QED) is 0.729. The van der Waals surface area contributed by atoms with E-state index in [1.807, 2.05) is 13.8 Å². The second-order valence-electron chi connectivity index (χ2n) is 3.40. The van der Waals surface area contributed by atoms with Crippen LogP contribution in [0.5, 0.6) is 0 Å². The van der Waals surface area contributed by atoms with E-state index in [2.05, 4.69) is 15.2 Å². The molecule has 0 aliphatic rings. The van der Waals surface area contributed by atoms with Crippen LogP contribution >= 0.6 is 0 Å². The van der Waals surface area contributed by atoms with Crippen molar-refractivity contribution in [2.75, 3.05) is 14.1 Å². The van der Waals surface area contributed by atoms with Gasteiger partial charge in [0.2, 0.25) is 5.82 Å². The fourth-order valence-electron chi connectivity index (χ4n) is 0.828. The van der Waals surface area contributed by atoms with Gasteiger partial charge in [0.05, 0.1) is 0 Å². The lowest BCUT2D eigenvalue weighted by Gasteiger charge is -2.05. The van der Waals surface area contributed by atoms with Gasteiger partial charge in [-0.05, 0) is 0 Å². The summed E-state index contributed by atoms with van der Waals surface area (Å²) in [7, 11) is 3.35. The zero-order valence-electron chi connectivity index (χ0n) is 8.33. The summed E-state index contributed by atoms with van der Waals surface area (Å²) >= 11 is 0. The molecule has 1 rings (SSSR count). The van der Waals surface area contributed by atoms with Crippen LogP contribution in [0.1, 0.15) is 36.2 Å². The van der Waals surface area contributed by atoms with Gasteiger partial charge in [-0.3, -0.25) is 9.89 Å². The molecule has 1 heterocycles. The zero-order valence-corrected chi connectivity index (χ0v) is 8.33. The largest absolute Gasteiger partial charge is 0.342 e. The standard InChI is InChI=1S/C8H14N4O/c1-5(2)6-9-7(11-10-6)8(13)12(3)4/h5H,1-4H3,(H,9,10,11). The molecular weight excluding hydrogens is 168 g/mol. The van der Waals surface area contributed by atoms with Gasteiger partial charge in [0, 0.05) is 20.0 Å². The van der Waals surface area contributed by atoms with Crippen molar-refractivity contribution in [3.63, 3.8) is 0 Å². The van der Waals surface area contributed by atoms with E-state index in [1.165, 1.54) is 4.90 Å². The van der Waals surface area contributed by atoms with Gasteiger partial charge in [-0.1, -0.05) is 13.8 Å². The predicted molar refractivity (Wildman–Crippen MR) is 48.5 cm³/mol. The Kier molecular flexibility index (Phi) is 2.65. The first-order chi connectivity index (χ1) is 6.02. The molecule has 1 N–H and O–H groups in total. The van der Waals surface area contributed by atoms with Gasteiger partial charge in [0.1, 0.15) is 5.82 Å². The van der Waals surface area contributed by atoms with E-state index < -0.39 is 0 Å². The molecule has 0 aliphatic carbocycles. The third kappa shape index (κ3) is 2.05. The van der Waals surface area contributed by atoms with Crippen molar-refractivity contribution in [1.29, 1.82) is 0 Å². The topological polar surface area (TPSA) is 61.9 Å². The Balaban J connectivity index is 2.86. The van der Waals surface area contributed by atoms with E-state index in [4.69, 9.17) is 0 Å². The Labute approximate surface area is 77.2 Å². The molecule has 0 fully saturated rings. The minimum absolute atomic E-state index is 0.178. The normalized spacial score (nSPS) is 10.5. The molecule has 1 aromatic heterocycles. The highest BCUT2D eigenvalue weighted by Crippen LogP contribution is 2.07. The van der Waals surface area contributed by atoms with Crippen LogP contribution in [0.3, 0.4) is 0 Å². The van der Waals surface area contributed by atoms with Crippen LogP contribution in [0.2, 0.25) is 0 Å². The van der Waals surface area contributed by atoms with Crippen LogP contribution in [-0.4, -0.2) is 40.1 Å². The smallest absolute Gasteiger partial charge is 0.293 e. The Morgan fingerprint density at radius 3 is 2.46 bits per heavy atom.